The van der Waals surface area contributed by atoms with Crippen molar-refractivity contribution in [2.24, 2.45) is 77.3 Å². The third-order valence-corrected chi connectivity index (χ3v) is 15.5. The Balaban J connectivity index is 1.23. The average molecular weight is 1330 g/mol. The molecule has 0 aliphatic heterocycles. The fourth-order valence-electron chi connectivity index (χ4n) is 10.6. The SMILES string of the molecule is COc1cc(OCC(=O)O)c(C(=O)NC2CCC(NC(=O)c3cc(C(N)=O)c(OCCCCCN=C(N)N)cc3OCCCCCN=C(N)N)CC2)cc1C(=O)NC1CCC(NC(=O)c2cc(C(N)=O)c(OCCCCCN=C(N)N)cc2OCCCCCN=C(N)N)CC1. The van der Waals surface area contributed by atoms with E-state index in [9.17, 15) is 38.7 Å². The van der Waals surface area contributed by atoms with Gasteiger partial charge in [0.2, 0.25) is 0 Å². The van der Waals surface area contributed by atoms with Gasteiger partial charge in [0.05, 0.1) is 66.9 Å². The van der Waals surface area contributed by atoms with Crippen molar-refractivity contribution in [1.82, 2.24) is 21.3 Å². The molecule has 32 heteroatoms. The van der Waals surface area contributed by atoms with Gasteiger partial charge in [0.15, 0.2) is 30.4 Å². The number of carboxylic acid groups (broad SMARTS) is 1. The highest BCUT2D eigenvalue weighted by atomic mass is 16.5. The van der Waals surface area contributed by atoms with E-state index in [-0.39, 0.29) is 136 Å². The molecule has 5 rings (SSSR count). The molecule has 0 atom stereocenters. The lowest BCUT2D eigenvalue weighted by Crippen LogP contribution is -2.44. The number of aliphatic imine (C=N–C) groups is 4. The maximum Gasteiger partial charge on any atom is 0.341 e. The molecule has 3 aromatic carbocycles. The van der Waals surface area contributed by atoms with Gasteiger partial charge < -0.3 is 112 Å². The zero-order valence-electron chi connectivity index (χ0n) is 54.1. The van der Waals surface area contributed by atoms with Gasteiger partial charge in [0.25, 0.3) is 35.4 Å². The summed E-state index contributed by atoms with van der Waals surface area (Å²) in [7, 11) is 1.32. The Morgan fingerprint density at radius 1 is 0.358 bits per heavy atom. The first-order chi connectivity index (χ1) is 45.5. The van der Waals surface area contributed by atoms with Crippen molar-refractivity contribution < 1.29 is 67.1 Å². The van der Waals surface area contributed by atoms with Crippen LogP contribution in [0.1, 0.15) is 191 Å². The molecule has 2 fully saturated rings. The molecule has 0 saturated heterocycles. The van der Waals surface area contributed by atoms with E-state index >= 15 is 0 Å². The van der Waals surface area contributed by atoms with Gasteiger partial charge in [-0.25, -0.2) is 4.79 Å². The summed E-state index contributed by atoms with van der Waals surface area (Å²) in [6, 6.07) is 6.78. The van der Waals surface area contributed by atoms with Crippen LogP contribution >= 0.6 is 0 Å². The first-order valence-electron chi connectivity index (χ1n) is 32.0. The molecule has 0 bridgehead atoms. The van der Waals surface area contributed by atoms with Gasteiger partial charge in [0.1, 0.15) is 34.5 Å². The number of carbonyl (C=O) groups excluding carboxylic acids is 6. The van der Waals surface area contributed by atoms with Crippen LogP contribution in [0.4, 0.5) is 0 Å². The standard InChI is InChI=1S/C63H96N18O14/c1-90-47-33-52(95-36-53(82)83)46(59(89)81-40-20-18-39(19-21-40)80-58(88)45-31-42(55(65)85)49(92-27-11-3-7-23-75-61(68)69)35-51(45)94-29-13-5-9-25-77-63(72)73)32-43(47)56(86)78-37-14-16-38(17-15-37)79-57(87)44-30-41(54(64)84)48(91-26-10-2-6-22-74-60(66)67)34-50(44)93-28-12-4-8-24-76-62(70)71/h30-35,37-40H,2-29,36H2,1H3,(H2,64,84)(H2,65,85)(H,78,86)(H,79,87)(H,80,88)(H,81,89)(H,82,83)(H4,66,67,74)(H4,68,69,75)(H4,70,71,76)(H4,72,73,77). The third kappa shape index (κ3) is 26.8. The number of nitrogens with one attached hydrogen (secondary N) is 4. The summed E-state index contributed by atoms with van der Waals surface area (Å²) in [5.41, 5.74) is 55.1. The van der Waals surface area contributed by atoms with Crippen LogP contribution in [0.5, 0.6) is 34.5 Å². The van der Waals surface area contributed by atoms with Crippen LogP contribution in [0.15, 0.2) is 56.4 Å². The Morgan fingerprint density at radius 3 is 0.853 bits per heavy atom. The number of methoxy groups -OCH3 is 1. The lowest BCUT2D eigenvalue weighted by Gasteiger charge is -2.30. The molecule has 0 heterocycles. The highest BCUT2D eigenvalue weighted by molar-refractivity contribution is 6.05. The smallest absolute Gasteiger partial charge is 0.341 e. The maximum absolute atomic E-state index is 14.2. The summed E-state index contributed by atoms with van der Waals surface area (Å²) >= 11 is 0. The quantitative estimate of drug-likeness (QED) is 0.0217. The predicted molar refractivity (Wildman–Crippen MR) is 358 cm³/mol. The number of hydrogen-bond donors (Lipinski definition) is 15. The van der Waals surface area contributed by atoms with Crippen LogP contribution in [0.2, 0.25) is 0 Å². The predicted octanol–water partition coefficient (Wildman–Crippen LogP) is 1.59. The van der Waals surface area contributed by atoms with Crippen LogP contribution in [0.25, 0.3) is 0 Å². The van der Waals surface area contributed by atoms with E-state index in [2.05, 4.69) is 41.2 Å². The zero-order chi connectivity index (χ0) is 69.2. The van der Waals surface area contributed by atoms with E-state index in [1.54, 1.807) is 0 Å². The first kappa shape index (κ1) is 75.5. The summed E-state index contributed by atoms with van der Waals surface area (Å²) in [5.74, 6) is -4.64. The molecular formula is C63H96N18O14. The Hall–Kier alpha value is -10.2. The molecule has 0 spiro atoms. The number of ether oxygens (including phenoxy) is 6. The average Bonchev–Trinajstić information content (AvgIpc) is 0.829. The van der Waals surface area contributed by atoms with Crippen molar-refractivity contribution >= 4 is 65.3 Å². The number of rotatable bonds is 42. The number of primary amides is 2. The van der Waals surface area contributed by atoms with Crippen LogP contribution in [0, 0.1) is 0 Å². The van der Waals surface area contributed by atoms with Crippen molar-refractivity contribution in [3.8, 4) is 34.5 Å². The van der Waals surface area contributed by atoms with E-state index < -0.39 is 54.1 Å². The monoisotopic (exact) mass is 1330 g/mol. The fourth-order valence-corrected chi connectivity index (χ4v) is 10.6. The van der Waals surface area contributed by atoms with Gasteiger partial charge in [-0.3, -0.25) is 48.7 Å². The van der Waals surface area contributed by atoms with Crippen LogP contribution in [-0.2, 0) is 4.79 Å². The Labute approximate surface area is 552 Å². The summed E-state index contributed by atoms with van der Waals surface area (Å²) in [6.07, 6.45) is 11.6. The Kier molecular flexibility index (Phi) is 31.9. The largest absolute Gasteiger partial charge is 0.496 e. The van der Waals surface area contributed by atoms with Crippen molar-refractivity contribution in [3.05, 3.63) is 69.8 Å². The highest BCUT2D eigenvalue weighted by Gasteiger charge is 2.31. The summed E-state index contributed by atoms with van der Waals surface area (Å²) < 4.78 is 35.5. The summed E-state index contributed by atoms with van der Waals surface area (Å²) in [6.45, 7) is 1.91. The number of nitrogens with two attached hydrogens (primary N) is 10. The summed E-state index contributed by atoms with van der Waals surface area (Å²) in [4.78, 5) is 110. The van der Waals surface area contributed by atoms with E-state index in [0.29, 0.717) is 129 Å². The second-order valence-corrected chi connectivity index (χ2v) is 23.0. The fraction of sp³-hybridized carbons (Fsp3) is 0.540. The topological polar surface area (TPSA) is 553 Å². The Bertz CT molecular complexity index is 3180. The highest BCUT2D eigenvalue weighted by Crippen LogP contribution is 2.35. The van der Waals surface area contributed by atoms with Gasteiger partial charge in [-0.1, -0.05) is 0 Å². The molecule has 6 amide bonds. The van der Waals surface area contributed by atoms with E-state index in [0.717, 1.165) is 25.7 Å². The second-order valence-electron chi connectivity index (χ2n) is 23.0. The number of nitrogens with zero attached hydrogens (tertiary/aromatic N) is 4. The van der Waals surface area contributed by atoms with Gasteiger partial charge >= 0.3 is 5.97 Å². The van der Waals surface area contributed by atoms with Crippen LogP contribution in [0.3, 0.4) is 0 Å². The van der Waals surface area contributed by atoms with E-state index in [4.69, 9.17) is 85.8 Å². The number of unbranched alkanes of at least 4 members (excludes halogenated alkanes) is 8. The van der Waals surface area contributed by atoms with Crippen molar-refractivity contribution in [1.29, 1.82) is 0 Å². The molecule has 2 saturated carbocycles. The van der Waals surface area contributed by atoms with Crippen molar-refractivity contribution in [3.63, 3.8) is 0 Å². The number of aliphatic carboxylic acids is 1. The lowest BCUT2D eigenvalue weighted by molar-refractivity contribution is -0.139. The van der Waals surface area contributed by atoms with Gasteiger partial charge in [0, 0.05) is 68.5 Å². The molecule has 0 aromatic heterocycles. The molecule has 522 valence electrons. The van der Waals surface area contributed by atoms with Crippen molar-refractivity contribution in [2.75, 3.05) is 66.3 Å². The lowest BCUT2D eigenvalue weighted by atomic mass is 9.90. The maximum atomic E-state index is 14.2. The zero-order valence-corrected chi connectivity index (χ0v) is 54.1. The van der Waals surface area contributed by atoms with Gasteiger partial charge in [-0.2, -0.15) is 0 Å². The third-order valence-electron chi connectivity index (χ3n) is 15.5. The molecule has 2 aliphatic rings. The number of carboxylic acids is 1. The van der Waals surface area contributed by atoms with Crippen LogP contribution in [-0.4, -0.2) is 161 Å². The van der Waals surface area contributed by atoms with Gasteiger partial charge in [-0.15, -0.1) is 0 Å². The number of benzene rings is 3. The normalized spacial score (nSPS) is 15.7. The number of carbonyl (C=O) groups is 7. The molecule has 32 nitrogen and oxygen atoms in total. The molecule has 0 radical (unpaired) electrons. The Morgan fingerprint density at radius 2 is 0.600 bits per heavy atom. The molecule has 3 aromatic rings. The van der Waals surface area contributed by atoms with E-state index in [1.165, 1.54) is 43.5 Å². The number of guanidine groups is 4. The molecule has 25 N–H and O–H groups in total. The number of amides is 6. The van der Waals surface area contributed by atoms with Gasteiger partial charge in [-0.05, 0) is 147 Å². The van der Waals surface area contributed by atoms with E-state index in [1.807, 2.05) is 0 Å². The number of hydrogen-bond acceptors (Lipinski definition) is 17. The minimum absolute atomic E-state index is 0.000517. The first-order valence-corrected chi connectivity index (χ1v) is 32.0. The molecule has 2 aliphatic carbocycles. The van der Waals surface area contributed by atoms with Crippen LogP contribution < -0.4 is 107 Å². The van der Waals surface area contributed by atoms with Crippen molar-refractivity contribution in [2.45, 2.75) is 153 Å². The molecule has 0 unspecified atom stereocenters. The second kappa shape index (κ2) is 40.1. The minimum atomic E-state index is -1.31. The molecular weight excluding hydrogens is 1230 g/mol. The minimum Gasteiger partial charge on any atom is -0.496 e. The molecule has 95 heavy (non-hydrogen) atoms. The summed E-state index contributed by atoms with van der Waals surface area (Å²) in [5, 5.41) is 21.7.